The maximum atomic E-state index is 10.6. The van der Waals surface area contributed by atoms with Gasteiger partial charge in [-0.2, -0.15) is 13.1 Å². The predicted octanol–water partition coefficient (Wildman–Crippen LogP) is -0.204. The van der Waals surface area contributed by atoms with Crippen molar-refractivity contribution < 1.29 is 12.6 Å². The van der Waals surface area contributed by atoms with Gasteiger partial charge in [-0.1, -0.05) is 6.08 Å². The summed E-state index contributed by atoms with van der Waals surface area (Å²) in [5, 5.41) is 0. The third kappa shape index (κ3) is 1.80. The Kier molecular flexibility index (Phi) is 2.08. The van der Waals surface area contributed by atoms with E-state index in [4.69, 9.17) is 0 Å². The van der Waals surface area contributed by atoms with Crippen molar-refractivity contribution in [1.82, 2.24) is 4.72 Å². The maximum absolute atomic E-state index is 10.6. The summed E-state index contributed by atoms with van der Waals surface area (Å²) in [6.45, 7) is 3.71. The normalized spacial score (nSPS) is 31.4. The summed E-state index contributed by atoms with van der Waals surface area (Å²) in [6.07, 6.45) is 2.21. The maximum Gasteiger partial charge on any atom is 0.336 e. The zero-order valence-corrected chi connectivity index (χ0v) is 6.23. The highest BCUT2D eigenvalue weighted by molar-refractivity contribution is 7.84. The molecule has 0 radical (unpaired) electrons. The molecule has 0 aromatic rings. The molecule has 1 atom stereocenters. The minimum Gasteiger partial charge on any atom is -0.258 e. The zero-order valence-electron chi connectivity index (χ0n) is 5.41. The largest absolute Gasteiger partial charge is 0.336 e. The van der Waals surface area contributed by atoms with Gasteiger partial charge in [-0.15, -0.1) is 6.58 Å². The van der Waals surface area contributed by atoms with Gasteiger partial charge < -0.3 is 0 Å². The number of hydrogen-bond acceptors (Lipinski definition) is 3. The Morgan fingerprint density at radius 1 is 1.70 bits per heavy atom. The Morgan fingerprint density at radius 3 is 2.80 bits per heavy atom. The van der Waals surface area contributed by atoms with Gasteiger partial charge in [-0.3, -0.25) is 4.18 Å². The lowest BCUT2D eigenvalue weighted by atomic mass is 10.2. The van der Waals surface area contributed by atoms with Gasteiger partial charge in [0.1, 0.15) is 0 Å². The van der Waals surface area contributed by atoms with E-state index in [2.05, 4.69) is 15.5 Å². The average molecular weight is 163 g/mol. The zero-order chi connectivity index (χ0) is 7.61. The third-order valence-electron chi connectivity index (χ3n) is 1.25. The molecule has 1 rings (SSSR count). The molecule has 0 bridgehead atoms. The topological polar surface area (TPSA) is 55.4 Å². The molecule has 1 aliphatic heterocycles. The van der Waals surface area contributed by atoms with Crippen LogP contribution >= 0.6 is 0 Å². The second-order valence-corrected chi connectivity index (χ2v) is 3.40. The van der Waals surface area contributed by atoms with Gasteiger partial charge in [-0.25, -0.2) is 0 Å². The van der Waals surface area contributed by atoms with Gasteiger partial charge in [0.25, 0.3) is 0 Å². The molecule has 0 aliphatic carbocycles. The highest BCUT2D eigenvalue weighted by atomic mass is 32.2. The number of nitrogens with one attached hydrogen (secondary N) is 1. The monoisotopic (exact) mass is 163 g/mol. The lowest BCUT2D eigenvalue weighted by Crippen LogP contribution is -2.40. The molecule has 58 valence electrons. The summed E-state index contributed by atoms with van der Waals surface area (Å²) >= 11 is 0. The van der Waals surface area contributed by atoms with E-state index in [0.29, 0.717) is 6.42 Å². The lowest BCUT2D eigenvalue weighted by Gasteiger charge is -2.19. The molecule has 0 aromatic carbocycles. The molecular weight excluding hydrogens is 154 g/mol. The summed E-state index contributed by atoms with van der Waals surface area (Å²) in [7, 11) is -3.47. The van der Waals surface area contributed by atoms with Crippen molar-refractivity contribution in [2.75, 3.05) is 6.61 Å². The Labute approximate surface area is 60.1 Å². The SMILES string of the molecule is C=CC1CCOS(=O)(=O)N1. The van der Waals surface area contributed by atoms with Gasteiger partial charge >= 0.3 is 10.3 Å². The molecule has 10 heavy (non-hydrogen) atoms. The highest BCUT2D eigenvalue weighted by Crippen LogP contribution is 2.05. The molecule has 4 nitrogen and oxygen atoms in total. The van der Waals surface area contributed by atoms with Gasteiger partial charge in [0.15, 0.2) is 0 Å². The van der Waals surface area contributed by atoms with Crippen molar-refractivity contribution in [2.45, 2.75) is 12.5 Å². The summed E-state index contributed by atoms with van der Waals surface area (Å²) in [5.74, 6) is 0. The minimum absolute atomic E-state index is 0.168. The van der Waals surface area contributed by atoms with Gasteiger partial charge in [0.05, 0.1) is 6.61 Å². The van der Waals surface area contributed by atoms with E-state index < -0.39 is 10.3 Å². The molecule has 5 heteroatoms. The fourth-order valence-electron chi connectivity index (χ4n) is 0.729. The molecule has 0 saturated carbocycles. The van der Waals surface area contributed by atoms with Crippen LogP contribution in [0.4, 0.5) is 0 Å². The highest BCUT2D eigenvalue weighted by Gasteiger charge is 2.21. The molecule has 0 amide bonds. The van der Waals surface area contributed by atoms with E-state index in [9.17, 15) is 8.42 Å². The van der Waals surface area contributed by atoms with Crippen LogP contribution in [0.3, 0.4) is 0 Å². The first kappa shape index (κ1) is 7.71. The Bertz CT molecular complexity index is 221. The quantitative estimate of drug-likeness (QED) is 0.544. The average Bonchev–Trinajstić information content (AvgIpc) is 1.86. The lowest BCUT2D eigenvalue weighted by molar-refractivity contribution is 0.269. The first-order chi connectivity index (χ1) is 4.64. The van der Waals surface area contributed by atoms with Crippen molar-refractivity contribution in [1.29, 1.82) is 0 Å². The van der Waals surface area contributed by atoms with E-state index in [-0.39, 0.29) is 12.6 Å². The predicted molar refractivity (Wildman–Crippen MR) is 36.6 cm³/mol. The third-order valence-corrected chi connectivity index (χ3v) is 2.32. The fourth-order valence-corrected chi connectivity index (χ4v) is 1.70. The van der Waals surface area contributed by atoms with Crippen molar-refractivity contribution in [3.63, 3.8) is 0 Å². The summed E-state index contributed by atoms with van der Waals surface area (Å²) < 4.78 is 28.0. The van der Waals surface area contributed by atoms with Gasteiger partial charge in [-0.05, 0) is 6.42 Å². The number of hydrogen-bond donors (Lipinski definition) is 1. The molecular formula is C5H9NO3S. The van der Waals surface area contributed by atoms with Crippen LogP contribution in [0.2, 0.25) is 0 Å². The van der Waals surface area contributed by atoms with E-state index in [0.717, 1.165) is 0 Å². The fraction of sp³-hybridized carbons (Fsp3) is 0.600. The van der Waals surface area contributed by atoms with Crippen LogP contribution in [0.15, 0.2) is 12.7 Å². The molecule has 1 unspecified atom stereocenters. The molecule has 0 aromatic heterocycles. The smallest absolute Gasteiger partial charge is 0.258 e. The van der Waals surface area contributed by atoms with Crippen LogP contribution in [0, 0.1) is 0 Å². The van der Waals surface area contributed by atoms with Crippen LogP contribution in [0.25, 0.3) is 0 Å². The molecule has 1 heterocycles. The number of rotatable bonds is 1. The van der Waals surface area contributed by atoms with Crippen LogP contribution in [-0.2, 0) is 14.5 Å². The Morgan fingerprint density at radius 2 is 2.40 bits per heavy atom. The summed E-state index contributed by atoms with van der Waals surface area (Å²) in [5.41, 5.74) is 0. The standard InChI is InChI=1S/C5H9NO3S/c1-2-5-3-4-9-10(7,8)6-5/h2,5-6H,1,3-4H2. The second-order valence-electron chi connectivity index (χ2n) is 2.02. The first-order valence-corrected chi connectivity index (χ1v) is 4.34. The van der Waals surface area contributed by atoms with Gasteiger partial charge in [0.2, 0.25) is 0 Å². The van der Waals surface area contributed by atoms with E-state index in [1.54, 1.807) is 6.08 Å². The van der Waals surface area contributed by atoms with Crippen LogP contribution < -0.4 is 4.72 Å². The second kappa shape index (κ2) is 2.69. The van der Waals surface area contributed by atoms with Crippen molar-refractivity contribution in [2.24, 2.45) is 0 Å². The summed E-state index contributed by atoms with van der Waals surface area (Å²) in [4.78, 5) is 0. The van der Waals surface area contributed by atoms with Crippen molar-refractivity contribution >= 4 is 10.3 Å². The molecule has 0 spiro atoms. The van der Waals surface area contributed by atoms with E-state index in [1.165, 1.54) is 0 Å². The molecule has 1 N–H and O–H groups in total. The summed E-state index contributed by atoms with van der Waals surface area (Å²) in [6, 6.07) is -0.168. The van der Waals surface area contributed by atoms with Crippen LogP contribution in [-0.4, -0.2) is 21.1 Å². The van der Waals surface area contributed by atoms with Gasteiger partial charge in [0, 0.05) is 6.04 Å². The first-order valence-electron chi connectivity index (χ1n) is 2.93. The Hall–Kier alpha value is -0.390. The Balaban J connectivity index is 2.65. The minimum atomic E-state index is -3.47. The molecule has 1 fully saturated rings. The molecule has 1 saturated heterocycles. The molecule has 1 aliphatic rings. The van der Waals surface area contributed by atoms with Crippen molar-refractivity contribution in [3.8, 4) is 0 Å². The van der Waals surface area contributed by atoms with Crippen molar-refractivity contribution in [3.05, 3.63) is 12.7 Å². The van der Waals surface area contributed by atoms with Crippen LogP contribution in [0.5, 0.6) is 0 Å². The van der Waals surface area contributed by atoms with E-state index in [1.807, 2.05) is 0 Å². The van der Waals surface area contributed by atoms with Crippen LogP contribution in [0.1, 0.15) is 6.42 Å². The van der Waals surface area contributed by atoms with E-state index >= 15 is 0 Å².